The Bertz CT molecular complexity index is 525. The number of hydrogen-bond acceptors (Lipinski definition) is 3. The highest BCUT2D eigenvalue weighted by molar-refractivity contribution is 5.27. The van der Waals surface area contributed by atoms with Crippen molar-refractivity contribution in [1.29, 1.82) is 0 Å². The van der Waals surface area contributed by atoms with Gasteiger partial charge in [-0.2, -0.15) is 5.10 Å². The summed E-state index contributed by atoms with van der Waals surface area (Å²) in [5.41, 5.74) is 0.848. The second-order valence-corrected chi connectivity index (χ2v) is 3.51. The van der Waals surface area contributed by atoms with Crippen molar-refractivity contribution < 1.29 is 4.74 Å². The van der Waals surface area contributed by atoms with Crippen LogP contribution in [0, 0.1) is 6.92 Å². The minimum absolute atomic E-state index is 0.187. The molecule has 2 rings (SSSR count). The molecule has 0 radical (unpaired) electrons. The minimum Gasteiger partial charge on any atom is -0.497 e. The molecule has 2 aromatic rings. The number of benzene rings is 1. The van der Waals surface area contributed by atoms with Crippen molar-refractivity contribution in [1.82, 2.24) is 14.8 Å². The van der Waals surface area contributed by atoms with Gasteiger partial charge in [-0.25, -0.2) is 9.89 Å². The largest absolute Gasteiger partial charge is 0.497 e. The van der Waals surface area contributed by atoms with E-state index in [0.717, 1.165) is 11.3 Å². The third-order valence-electron chi connectivity index (χ3n) is 2.45. The van der Waals surface area contributed by atoms with Crippen molar-refractivity contribution in [2.45, 2.75) is 13.5 Å². The van der Waals surface area contributed by atoms with E-state index in [0.29, 0.717) is 12.4 Å². The average Bonchev–Trinajstić information content (AvgIpc) is 2.62. The molecule has 0 aliphatic heterocycles. The topological polar surface area (TPSA) is 59.9 Å². The Balaban J connectivity index is 2.24. The van der Waals surface area contributed by atoms with Gasteiger partial charge < -0.3 is 4.74 Å². The maximum absolute atomic E-state index is 11.4. The van der Waals surface area contributed by atoms with Gasteiger partial charge in [-0.15, -0.1) is 0 Å². The van der Waals surface area contributed by atoms with Crippen molar-refractivity contribution >= 4 is 0 Å². The zero-order valence-corrected chi connectivity index (χ0v) is 9.23. The van der Waals surface area contributed by atoms with Gasteiger partial charge in [-0.3, -0.25) is 4.57 Å². The number of nitrogens with one attached hydrogen (secondary N) is 1. The summed E-state index contributed by atoms with van der Waals surface area (Å²) in [6.45, 7) is 2.31. The van der Waals surface area contributed by atoms with Crippen LogP contribution in [-0.2, 0) is 6.54 Å². The van der Waals surface area contributed by atoms with Crippen molar-refractivity contribution in [2.24, 2.45) is 0 Å². The highest BCUT2D eigenvalue weighted by Gasteiger charge is 2.04. The van der Waals surface area contributed by atoms with Gasteiger partial charge in [-0.05, 0) is 24.6 Å². The molecule has 16 heavy (non-hydrogen) atoms. The molecule has 5 heteroatoms. The first-order chi connectivity index (χ1) is 7.70. The number of nitrogens with zero attached hydrogens (tertiary/aromatic N) is 2. The van der Waals surface area contributed by atoms with Crippen molar-refractivity contribution in [3.63, 3.8) is 0 Å². The fraction of sp³-hybridized carbons (Fsp3) is 0.273. The first-order valence-electron chi connectivity index (χ1n) is 4.95. The molecule has 1 aromatic carbocycles. The molecule has 1 heterocycles. The third kappa shape index (κ3) is 1.98. The predicted octanol–water partition coefficient (Wildman–Crippen LogP) is 0.937. The lowest BCUT2D eigenvalue weighted by Crippen LogP contribution is -2.18. The van der Waals surface area contributed by atoms with E-state index in [-0.39, 0.29) is 5.69 Å². The molecular weight excluding hydrogens is 206 g/mol. The molecule has 0 atom stereocenters. The van der Waals surface area contributed by atoms with E-state index in [2.05, 4.69) is 10.2 Å². The lowest BCUT2D eigenvalue weighted by Gasteiger charge is -2.04. The molecule has 0 aliphatic rings. The van der Waals surface area contributed by atoms with E-state index in [9.17, 15) is 4.79 Å². The summed E-state index contributed by atoms with van der Waals surface area (Å²) >= 11 is 0. The Morgan fingerprint density at radius 2 is 2.06 bits per heavy atom. The molecule has 1 aromatic heterocycles. The van der Waals surface area contributed by atoms with Gasteiger partial charge in [0.15, 0.2) is 0 Å². The van der Waals surface area contributed by atoms with Gasteiger partial charge in [0.1, 0.15) is 11.6 Å². The molecule has 0 unspecified atom stereocenters. The van der Waals surface area contributed by atoms with Gasteiger partial charge in [-0.1, -0.05) is 12.1 Å². The van der Waals surface area contributed by atoms with Crippen LogP contribution in [0.25, 0.3) is 0 Å². The number of hydrogen-bond donors (Lipinski definition) is 1. The number of ether oxygens (including phenoxy) is 1. The molecule has 0 saturated heterocycles. The van der Waals surface area contributed by atoms with Crippen LogP contribution in [0.4, 0.5) is 0 Å². The lowest BCUT2D eigenvalue weighted by atomic mass is 10.2. The van der Waals surface area contributed by atoms with Crippen LogP contribution < -0.4 is 10.4 Å². The summed E-state index contributed by atoms with van der Waals surface area (Å²) in [6, 6.07) is 7.60. The SMILES string of the molecule is COc1ccc(Cn2c(C)n[nH]c2=O)cc1. The Morgan fingerprint density at radius 1 is 1.38 bits per heavy atom. The standard InChI is InChI=1S/C11H13N3O2/c1-8-12-13-11(15)14(8)7-9-3-5-10(16-2)6-4-9/h3-6H,7H2,1-2H3,(H,13,15). The fourth-order valence-electron chi connectivity index (χ4n) is 1.50. The third-order valence-corrected chi connectivity index (χ3v) is 2.45. The molecule has 0 aliphatic carbocycles. The van der Waals surface area contributed by atoms with Crippen molar-refractivity contribution in [3.05, 3.63) is 46.1 Å². The average molecular weight is 219 g/mol. The monoisotopic (exact) mass is 219 g/mol. The summed E-state index contributed by atoms with van der Waals surface area (Å²) in [5.74, 6) is 1.49. The Morgan fingerprint density at radius 3 is 2.56 bits per heavy atom. The van der Waals surface area contributed by atoms with Gasteiger partial charge in [0.05, 0.1) is 13.7 Å². The number of aromatic amines is 1. The number of rotatable bonds is 3. The summed E-state index contributed by atoms with van der Waals surface area (Å²) < 4.78 is 6.65. The zero-order valence-electron chi connectivity index (χ0n) is 9.23. The number of H-pyrrole nitrogens is 1. The molecule has 0 amide bonds. The minimum atomic E-state index is -0.187. The van der Waals surface area contributed by atoms with E-state index >= 15 is 0 Å². The first-order valence-corrected chi connectivity index (χ1v) is 4.95. The van der Waals surface area contributed by atoms with Crippen LogP contribution in [0.15, 0.2) is 29.1 Å². The van der Waals surface area contributed by atoms with Crippen LogP contribution in [0.5, 0.6) is 5.75 Å². The Kier molecular flexibility index (Phi) is 2.76. The fourth-order valence-corrected chi connectivity index (χ4v) is 1.50. The normalized spacial score (nSPS) is 10.4. The van der Waals surface area contributed by atoms with E-state index < -0.39 is 0 Å². The van der Waals surface area contributed by atoms with Crippen LogP contribution in [0.2, 0.25) is 0 Å². The molecule has 0 spiro atoms. The van der Waals surface area contributed by atoms with E-state index in [1.807, 2.05) is 24.3 Å². The van der Waals surface area contributed by atoms with Gasteiger partial charge in [0.25, 0.3) is 0 Å². The summed E-state index contributed by atoms with van der Waals surface area (Å²) in [6.07, 6.45) is 0. The number of aryl methyl sites for hydroxylation is 1. The molecule has 0 saturated carbocycles. The van der Waals surface area contributed by atoms with Crippen molar-refractivity contribution in [3.8, 4) is 5.75 Å². The summed E-state index contributed by atoms with van der Waals surface area (Å²) in [4.78, 5) is 11.4. The predicted molar refractivity (Wildman–Crippen MR) is 59.7 cm³/mol. The van der Waals surface area contributed by atoms with Crippen molar-refractivity contribution in [2.75, 3.05) is 7.11 Å². The highest BCUT2D eigenvalue weighted by Crippen LogP contribution is 2.11. The van der Waals surface area contributed by atoms with Crippen LogP contribution in [0.3, 0.4) is 0 Å². The van der Waals surface area contributed by atoms with E-state index in [4.69, 9.17) is 4.74 Å². The van der Waals surface area contributed by atoms with E-state index in [1.54, 1.807) is 18.6 Å². The molecule has 5 nitrogen and oxygen atoms in total. The smallest absolute Gasteiger partial charge is 0.343 e. The summed E-state index contributed by atoms with van der Waals surface area (Å²) in [5, 5.41) is 6.26. The van der Waals surface area contributed by atoms with Crippen LogP contribution in [0.1, 0.15) is 11.4 Å². The number of methoxy groups -OCH3 is 1. The molecule has 84 valence electrons. The Hall–Kier alpha value is -2.04. The second-order valence-electron chi connectivity index (χ2n) is 3.51. The molecular formula is C11H13N3O2. The Labute approximate surface area is 92.7 Å². The summed E-state index contributed by atoms with van der Waals surface area (Å²) in [7, 11) is 1.62. The van der Waals surface area contributed by atoms with E-state index in [1.165, 1.54) is 0 Å². The second kappa shape index (κ2) is 4.22. The maximum Gasteiger partial charge on any atom is 0.343 e. The first kappa shape index (κ1) is 10.5. The number of aromatic nitrogens is 3. The zero-order chi connectivity index (χ0) is 11.5. The molecule has 0 bridgehead atoms. The van der Waals surface area contributed by atoms with Crippen LogP contribution >= 0.6 is 0 Å². The maximum atomic E-state index is 11.4. The lowest BCUT2D eigenvalue weighted by molar-refractivity contribution is 0.414. The van der Waals surface area contributed by atoms with Gasteiger partial charge in [0, 0.05) is 0 Å². The highest BCUT2D eigenvalue weighted by atomic mass is 16.5. The molecule has 0 fully saturated rings. The van der Waals surface area contributed by atoms with Crippen LogP contribution in [-0.4, -0.2) is 21.9 Å². The molecule has 1 N–H and O–H groups in total. The van der Waals surface area contributed by atoms with Gasteiger partial charge in [0.2, 0.25) is 0 Å². The quantitative estimate of drug-likeness (QED) is 0.835. The van der Waals surface area contributed by atoms with Gasteiger partial charge >= 0.3 is 5.69 Å².